The van der Waals surface area contributed by atoms with Crippen molar-refractivity contribution in [1.29, 1.82) is 0 Å². The van der Waals surface area contributed by atoms with Crippen LogP contribution in [0.2, 0.25) is 0 Å². The van der Waals surface area contributed by atoms with Crippen molar-refractivity contribution in [2.24, 2.45) is 0 Å². The van der Waals surface area contributed by atoms with Gasteiger partial charge < -0.3 is 19.5 Å². The zero-order valence-electron chi connectivity index (χ0n) is 21.0. The second kappa shape index (κ2) is 11.0. The van der Waals surface area contributed by atoms with E-state index in [1.54, 1.807) is 26.8 Å². The molecule has 0 bridgehead atoms. The topological polar surface area (TPSA) is 82.6 Å². The number of carbonyl (C=O) groups is 1. The monoisotopic (exact) mass is 525 g/mol. The molecule has 0 spiro atoms. The Morgan fingerprint density at radius 1 is 0.921 bits per heavy atom. The fourth-order valence-corrected chi connectivity index (χ4v) is 3.72. The van der Waals surface area contributed by atoms with Gasteiger partial charge in [0.2, 0.25) is 0 Å². The summed E-state index contributed by atoms with van der Waals surface area (Å²) in [6.45, 7) is 5.58. The van der Waals surface area contributed by atoms with E-state index < -0.39 is 18.1 Å². The number of alkyl halides is 3. The molecule has 7 nitrogen and oxygen atoms in total. The van der Waals surface area contributed by atoms with Gasteiger partial charge in [0.1, 0.15) is 29.0 Å². The Morgan fingerprint density at radius 3 is 2.21 bits per heavy atom. The fraction of sp³-hybridized carbons (Fsp3) is 0.250. The van der Waals surface area contributed by atoms with E-state index in [4.69, 9.17) is 9.47 Å². The van der Waals surface area contributed by atoms with Gasteiger partial charge in [0.05, 0.1) is 0 Å². The minimum absolute atomic E-state index is 0.0494. The van der Waals surface area contributed by atoms with Crippen LogP contribution in [0.1, 0.15) is 31.9 Å². The molecule has 1 N–H and O–H groups in total. The van der Waals surface area contributed by atoms with Gasteiger partial charge in [-0.1, -0.05) is 42.5 Å². The maximum Gasteiger partial charge on any atom is 0.573 e. The van der Waals surface area contributed by atoms with E-state index in [-0.39, 0.29) is 18.9 Å². The molecule has 0 fully saturated rings. The number of halogens is 3. The Balaban J connectivity index is 1.74. The number of alkyl carbamates (subject to hydrolysis) is 1. The van der Waals surface area contributed by atoms with Crippen molar-refractivity contribution in [3.05, 3.63) is 84.2 Å². The van der Waals surface area contributed by atoms with Crippen molar-refractivity contribution < 1.29 is 32.2 Å². The number of nitrogens with one attached hydrogen (secondary N) is 1. The molecule has 0 aliphatic carbocycles. The van der Waals surface area contributed by atoms with Crippen molar-refractivity contribution in [3.63, 3.8) is 0 Å². The SMILES string of the molecule is CC(C)(C)OC(=O)NCc1cc(-c2ccc(OC(F)(F)F)cc2)c2nccnc2c1OCc1ccccc1. The molecule has 0 radical (unpaired) electrons. The van der Waals surface area contributed by atoms with Crippen molar-refractivity contribution in [2.75, 3.05) is 0 Å². The summed E-state index contributed by atoms with van der Waals surface area (Å²) in [5.74, 6) is 0.0834. The van der Waals surface area contributed by atoms with Crippen LogP contribution in [0.4, 0.5) is 18.0 Å². The summed E-state index contributed by atoms with van der Waals surface area (Å²) in [6.07, 6.45) is -2.36. The third-order valence-electron chi connectivity index (χ3n) is 5.23. The van der Waals surface area contributed by atoms with Gasteiger partial charge in [-0.15, -0.1) is 13.2 Å². The molecule has 1 amide bonds. The third kappa shape index (κ3) is 7.12. The van der Waals surface area contributed by atoms with Crippen LogP contribution >= 0.6 is 0 Å². The van der Waals surface area contributed by atoms with Gasteiger partial charge in [0, 0.05) is 30.1 Å². The number of carbonyl (C=O) groups excluding carboxylic acids is 1. The van der Waals surface area contributed by atoms with Gasteiger partial charge in [-0.2, -0.15) is 0 Å². The summed E-state index contributed by atoms with van der Waals surface area (Å²) < 4.78 is 53.4. The largest absolute Gasteiger partial charge is 0.573 e. The number of ether oxygens (including phenoxy) is 3. The van der Waals surface area contributed by atoms with Crippen LogP contribution in [-0.2, 0) is 17.9 Å². The van der Waals surface area contributed by atoms with Crippen LogP contribution in [0, 0.1) is 0 Å². The van der Waals surface area contributed by atoms with Gasteiger partial charge in [-0.3, -0.25) is 4.98 Å². The van der Waals surface area contributed by atoms with Crippen LogP contribution in [-0.4, -0.2) is 28.0 Å². The van der Waals surface area contributed by atoms with Gasteiger partial charge in [-0.05, 0) is 50.1 Å². The summed E-state index contributed by atoms with van der Waals surface area (Å²) in [5, 5.41) is 2.74. The molecule has 0 saturated carbocycles. The molecule has 3 aromatic carbocycles. The normalized spacial score (nSPS) is 11.7. The first-order valence-corrected chi connectivity index (χ1v) is 11.7. The Bertz CT molecular complexity index is 1400. The molecule has 0 saturated heterocycles. The third-order valence-corrected chi connectivity index (χ3v) is 5.23. The zero-order valence-corrected chi connectivity index (χ0v) is 21.0. The predicted octanol–water partition coefficient (Wildman–Crippen LogP) is 6.80. The lowest BCUT2D eigenvalue weighted by molar-refractivity contribution is -0.274. The van der Waals surface area contributed by atoms with E-state index in [9.17, 15) is 18.0 Å². The number of aromatic nitrogens is 2. The zero-order chi connectivity index (χ0) is 27.3. The molecular weight excluding hydrogens is 499 g/mol. The maximum absolute atomic E-state index is 12.6. The fourth-order valence-electron chi connectivity index (χ4n) is 3.72. The van der Waals surface area contributed by atoms with E-state index in [0.717, 1.165) is 5.56 Å². The van der Waals surface area contributed by atoms with Crippen LogP contribution in [0.3, 0.4) is 0 Å². The lowest BCUT2D eigenvalue weighted by Gasteiger charge is -2.21. The number of fused-ring (bicyclic) bond motifs is 1. The molecule has 1 heterocycles. The highest BCUT2D eigenvalue weighted by atomic mass is 19.4. The molecule has 38 heavy (non-hydrogen) atoms. The second-order valence-electron chi connectivity index (χ2n) is 9.37. The minimum atomic E-state index is -4.79. The average molecular weight is 526 g/mol. The maximum atomic E-state index is 12.6. The molecule has 1 aromatic heterocycles. The van der Waals surface area contributed by atoms with Crippen molar-refractivity contribution in [1.82, 2.24) is 15.3 Å². The number of benzene rings is 3. The number of hydrogen-bond acceptors (Lipinski definition) is 6. The first kappa shape index (κ1) is 26.7. The summed E-state index contributed by atoms with van der Waals surface area (Å²) in [7, 11) is 0. The highest BCUT2D eigenvalue weighted by Crippen LogP contribution is 2.37. The van der Waals surface area contributed by atoms with Gasteiger partial charge in [0.15, 0.2) is 5.75 Å². The van der Waals surface area contributed by atoms with Gasteiger partial charge in [0.25, 0.3) is 0 Å². The molecule has 0 atom stereocenters. The smallest absolute Gasteiger partial charge is 0.486 e. The molecule has 0 aliphatic heterocycles. The lowest BCUT2D eigenvalue weighted by atomic mass is 9.99. The molecule has 10 heteroatoms. The van der Waals surface area contributed by atoms with E-state index in [2.05, 4.69) is 20.0 Å². The number of hydrogen-bond donors (Lipinski definition) is 1. The van der Waals surface area contributed by atoms with E-state index in [1.807, 2.05) is 30.3 Å². The highest BCUT2D eigenvalue weighted by molar-refractivity contribution is 5.96. The summed E-state index contributed by atoms with van der Waals surface area (Å²) in [4.78, 5) is 21.3. The standard InChI is InChI=1S/C28H26F3N3O4/c1-27(2,3)38-26(35)34-16-20-15-22(19-9-11-21(12-10-19)37-28(29,30)31)23-24(33-14-13-32-23)25(20)36-17-18-7-5-4-6-8-18/h4-15H,16-17H2,1-3H3,(H,34,35). The van der Waals surface area contributed by atoms with Crippen LogP contribution in [0.5, 0.6) is 11.5 Å². The molecular formula is C28H26F3N3O4. The summed E-state index contributed by atoms with van der Waals surface area (Å²) in [6, 6.07) is 16.8. The molecule has 198 valence electrons. The Hall–Kier alpha value is -4.34. The predicted molar refractivity (Wildman–Crippen MR) is 136 cm³/mol. The number of rotatable bonds is 7. The van der Waals surface area contributed by atoms with Crippen LogP contribution in [0.25, 0.3) is 22.2 Å². The Morgan fingerprint density at radius 2 is 1.58 bits per heavy atom. The first-order chi connectivity index (χ1) is 18.0. The van der Waals surface area contributed by atoms with Crippen molar-refractivity contribution in [3.8, 4) is 22.6 Å². The number of nitrogens with zero attached hydrogens (tertiary/aromatic N) is 2. The van der Waals surface area contributed by atoms with Crippen LogP contribution < -0.4 is 14.8 Å². The van der Waals surface area contributed by atoms with E-state index >= 15 is 0 Å². The van der Waals surface area contributed by atoms with Crippen molar-refractivity contribution in [2.45, 2.75) is 45.9 Å². The molecule has 0 aliphatic rings. The molecule has 0 unspecified atom stereocenters. The van der Waals surface area contributed by atoms with Crippen LogP contribution in [0.15, 0.2) is 73.1 Å². The van der Waals surface area contributed by atoms with Gasteiger partial charge >= 0.3 is 12.5 Å². The van der Waals surface area contributed by atoms with Crippen molar-refractivity contribution >= 4 is 17.1 Å². The summed E-state index contributed by atoms with van der Waals surface area (Å²) in [5.41, 5.74) is 2.94. The van der Waals surface area contributed by atoms with E-state index in [1.165, 1.54) is 36.7 Å². The Kier molecular flexibility index (Phi) is 7.70. The average Bonchev–Trinajstić information content (AvgIpc) is 2.85. The lowest BCUT2D eigenvalue weighted by Crippen LogP contribution is -2.32. The quantitative estimate of drug-likeness (QED) is 0.286. The first-order valence-electron chi connectivity index (χ1n) is 11.7. The number of amides is 1. The molecule has 4 aromatic rings. The van der Waals surface area contributed by atoms with E-state index in [0.29, 0.717) is 33.5 Å². The van der Waals surface area contributed by atoms with Gasteiger partial charge in [-0.25, -0.2) is 9.78 Å². The highest BCUT2D eigenvalue weighted by Gasteiger charge is 2.31. The summed E-state index contributed by atoms with van der Waals surface area (Å²) >= 11 is 0. The second-order valence-corrected chi connectivity index (χ2v) is 9.37. The Labute approximate surface area is 217 Å². The minimum Gasteiger partial charge on any atom is -0.486 e. The molecule has 4 rings (SSSR count).